The van der Waals surface area contributed by atoms with E-state index >= 15 is 0 Å². The molecule has 0 amide bonds. The van der Waals surface area contributed by atoms with Crippen LogP contribution in [0.4, 0.5) is 11.9 Å². The molecule has 0 saturated heterocycles. The zero-order valence-corrected chi connectivity index (χ0v) is 9.03. The fraction of sp³-hybridized carbons (Fsp3) is 0.700. The Kier molecular flexibility index (Phi) is 2.46. The van der Waals surface area contributed by atoms with Crippen molar-refractivity contribution >= 4 is 11.9 Å². The maximum absolute atomic E-state index is 5.58. The molecular weight excluding hydrogens is 190 g/mol. The van der Waals surface area contributed by atoms with E-state index in [9.17, 15) is 0 Å². The summed E-state index contributed by atoms with van der Waals surface area (Å²) in [5, 5.41) is 0. The number of nitrogens with zero attached hydrogens (tertiary/aromatic N) is 3. The summed E-state index contributed by atoms with van der Waals surface area (Å²) in [6, 6.07) is 0. The van der Waals surface area contributed by atoms with Gasteiger partial charge in [0.25, 0.3) is 0 Å². The van der Waals surface area contributed by atoms with E-state index in [1.54, 1.807) is 0 Å². The van der Waals surface area contributed by atoms with Gasteiger partial charge in [-0.3, -0.25) is 0 Å². The normalized spacial score (nSPS) is 20.1. The standard InChI is InChI=1S/C10H17N5/c1-10(5-3-2-4-6-10)7-13-8(11)15-9(12)14-7/h2-6H2,1H3,(H4,11,12,13,14,15). The van der Waals surface area contributed by atoms with Gasteiger partial charge in [-0.2, -0.15) is 15.0 Å². The Bertz CT molecular complexity index is 337. The lowest BCUT2D eigenvalue weighted by molar-refractivity contribution is 0.304. The second kappa shape index (κ2) is 3.64. The molecule has 5 nitrogen and oxygen atoms in total. The van der Waals surface area contributed by atoms with Crippen molar-refractivity contribution in [2.45, 2.75) is 44.4 Å². The molecule has 1 aromatic rings. The van der Waals surface area contributed by atoms with Gasteiger partial charge in [-0.15, -0.1) is 0 Å². The van der Waals surface area contributed by atoms with E-state index in [2.05, 4.69) is 21.9 Å². The first-order chi connectivity index (χ1) is 7.10. The molecule has 1 fully saturated rings. The summed E-state index contributed by atoms with van der Waals surface area (Å²) in [4.78, 5) is 12.2. The zero-order valence-electron chi connectivity index (χ0n) is 9.03. The molecule has 15 heavy (non-hydrogen) atoms. The van der Waals surface area contributed by atoms with Crippen molar-refractivity contribution in [1.82, 2.24) is 15.0 Å². The molecule has 1 saturated carbocycles. The third-order valence-corrected chi connectivity index (χ3v) is 3.17. The summed E-state index contributed by atoms with van der Waals surface area (Å²) < 4.78 is 0. The molecular formula is C10H17N5. The van der Waals surface area contributed by atoms with Crippen LogP contribution in [0.5, 0.6) is 0 Å². The average molecular weight is 207 g/mol. The minimum Gasteiger partial charge on any atom is -0.368 e. The van der Waals surface area contributed by atoms with Crippen molar-refractivity contribution in [3.05, 3.63) is 5.82 Å². The summed E-state index contributed by atoms with van der Waals surface area (Å²) in [6.45, 7) is 2.18. The summed E-state index contributed by atoms with van der Waals surface area (Å²) in [7, 11) is 0. The topological polar surface area (TPSA) is 90.7 Å². The fourth-order valence-electron chi connectivity index (χ4n) is 2.24. The number of aromatic nitrogens is 3. The summed E-state index contributed by atoms with van der Waals surface area (Å²) in [5.74, 6) is 1.21. The molecule has 1 aliphatic carbocycles. The van der Waals surface area contributed by atoms with Gasteiger partial charge in [-0.1, -0.05) is 26.2 Å². The van der Waals surface area contributed by atoms with Crippen molar-refractivity contribution in [2.24, 2.45) is 0 Å². The van der Waals surface area contributed by atoms with Gasteiger partial charge in [0.05, 0.1) is 0 Å². The van der Waals surface area contributed by atoms with Crippen LogP contribution in [-0.4, -0.2) is 15.0 Å². The Morgan fingerprint density at radius 3 is 2.00 bits per heavy atom. The van der Waals surface area contributed by atoms with E-state index in [1.165, 1.54) is 19.3 Å². The minimum absolute atomic E-state index is 0.0312. The van der Waals surface area contributed by atoms with E-state index in [0.29, 0.717) is 0 Å². The van der Waals surface area contributed by atoms with Gasteiger partial charge >= 0.3 is 0 Å². The first-order valence-corrected chi connectivity index (χ1v) is 5.38. The third kappa shape index (κ3) is 2.00. The Morgan fingerprint density at radius 1 is 0.933 bits per heavy atom. The first kappa shape index (κ1) is 10.1. The third-order valence-electron chi connectivity index (χ3n) is 3.17. The molecule has 0 aromatic carbocycles. The summed E-state index contributed by atoms with van der Waals surface area (Å²) in [6.07, 6.45) is 5.96. The molecule has 1 aliphatic rings. The smallest absolute Gasteiger partial charge is 0.225 e. The van der Waals surface area contributed by atoms with Crippen molar-refractivity contribution in [2.75, 3.05) is 11.5 Å². The van der Waals surface area contributed by atoms with Gasteiger partial charge in [-0.25, -0.2) is 0 Å². The lowest BCUT2D eigenvalue weighted by Crippen LogP contribution is -2.28. The number of nitrogens with two attached hydrogens (primary N) is 2. The highest BCUT2D eigenvalue weighted by Gasteiger charge is 2.32. The maximum Gasteiger partial charge on any atom is 0.225 e. The average Bonchev–Trinajstić information content (AvgIpc) is 2.17. The minimum atomic E-state index is 0.0312. The lowest BCUT2D eigenvalue weighted by Gasteiger charge is -2.31. The largest absolute Gasteiger partial charge is 0.368 e. The van der Waals surface area contributed by atoms with Crippen LogP contribution >= 0.6 is 0 Å². The van der Waals surface area contributed by atoms with Gasteiger partial charge in [-0.05, 0) is 12.8 Å². The highest BCUT2D eigenvalue weighted by atomic mass is 15.1. The second-order valence-corrected chi connectivity index (χ2v) is 4.50. The van der Waals surface area contributed by atoms with Gasteiger partial charge in [0, 0.05) is 5.41 Å². The number of hydrogen-bond donors (Lipinski definition) is 2. The fourth-order valence-corrected chi connectivity index (χ4v) is 2.24. The van der Waals surface area contributed by atoms with Gasteiger partial charge in [0.15, 0.2) is 0 Å². The zero-order chi connectivity index (χ0) is 10.9. The predicted molar refractivity (Wildman–Crippen MR) is 59.1 cm³/mol. The molecule has 0 radical (unpaired) electrons. The summed E-state index contributed by atoms with van der Waals surface area (Å²) >= 11 is 0. The quantitative estimate of drug-likeness (QED) is 0.723. The van der Waals surface area contributed by atoms with E-state index in [4.69, 9.17) is 11.5 Å². The van der Waals surface area contributed by atoms with Crippen LogP contribution in [0, 0.1) is 0 Å². The van der Waals surface area contributed by atoms with Crippen LogP contribution in [0.25, 0.3) is 0 Å². The van der Waals surface area contributed by atoms with Gasteiger partial charge in [0.1, 0.15) is 5.82 Å². The SMILES string of the molecule is CC1(c2nc(N)nc(N)n2)CCCCC1. The number of anilines is 2. The molecule has 0 atom stereocenters. The first-order valence-electron chi connectivity index (χ1n) is 5.38. The highest BCUT2D eigenvalue weighted by molar-refractivity contribution is 5.28. The van der Waals surface area contributed by atoms with Crippen LogP contribution in [0.15, 0.2) is 0 Å². The molecule has 0 aliphatic heterocycles. The number of rotatable bonds is 1. The molecule has 4 N–H and O–H groups in total. The lowest BCUT2D eigenvalue weighted by atomic mass is 9.75. The number of hydrogen-bond acceptors (Lipinski definition) is 5. The van der Waals surface area contributed by atoms with Crippen molar-refractivity contribution in [3.63, 3.8) is 0 Å². The summed E-state index contributed by atoms with van der Waals surface area (Å²) in [5.41, 5.74) is 11.2. The molecule has 82 valence electrons. The Hall–Kier alpha value is -1.39. The molecule has 0 bridgehead atoms. The number of nitrogen functional groups attached to an aromatic ring is 2. The molecule has 1 heterocycles. The van der Waals surface area contributed by atoms with Crippen LogP contribution < -0.4 is 11.5 Å². The van der Waals surface area contributed by atoms with Crippen molar-refractivity contribution in [1.29, 1.82) is 0 Å². The van der Waals surface area contributed by atoms with Crippen molar-refractivity contribution in [3.8, 4) is 0 Å². The monoisotopic (exact) mass is 207 g/mol. The van der Waals surface area contributed by atoms with Crippen LogP contribution in [0.1, 0.15) is 44.9 Å². The van der Waals surface area contributed by atoms with E-state index in [0.717, 1.165) is 18.7 Å². The van der Waals surface area contributed by atoms with E-state index < -0.39 is 0 Å². The van der Waals surface area contributed by atoms with E-state index in [-0.39, 0.29) is 17.3 Å². The molecule has 1 aromatic heterocycles. The highest BCUT2D eigenvalue weighted by Crippen LogP contribution is 2.37. The Labute approximate surface area is 89.3 Å². The Morgan fingerprint density at radius 2 is 1.47 bits per heavy atom. The molecule has 0 unspecified atom stereocenters. The Balaban J connectivity index is 2.34. The predicted octanol–water partition coefficient (Wildman–Crippen LogP) is 1.26. The maximum atomic E-state index is 5.58. The van der Waals surface area contributed by atoms with Crippen LogP contribution in [-0.2, 0) is 5.41 Å². The van der Waals surface area contributed by atoms with Crippen LogP contribution in [0.3, 0.4) is 0 Å². The van der Waals surface area contributed by atoms with E-state index in [1.807, 2.05) is 0 Å². The molecule has 2 rings (SSSR count). The van der Waals surface area contributed by atoms with Crippen LogP contribution in [0.2, 0.25) is 0 Å². The molecule has 5 heteroatoms. The van der Waals surface area contributed by atoms with Crippen molar-refractivity contribution < 1.29 is 0 Å². The molecule has 0 spiro atoms. The second-order valence-electron chi connectivity index (χ2n) is 4.50. The van der Waals surface area contributed by atoms with Gasteiger partial charge < -0.3 is 11.5 Å². The van der Waals surface area contributed by atoms with Gasteiger partial charge in [0.2, 0.25) is 11.9 Å².